The van der Waals surface area contributed by atoms with E-state index in [1.165, 1.54) is 6.07 Å². The van der Waals surface area contributed by atoms with E-state index in [0.717, 1.165) is 0 Å². The van der Waals surface area contributed by atoms with Gasteiger partial charge in [0.2, 0.25) is 5.95 Å². The molecule has 1 aromatic heterocycles. The second kappa shape index (κ2) is 4.15. The van der Waals surface area contributed by atoms with Crippen molar-refractivity contribution in [3.63, 3.8) is 0 Å². The molecule has 1 aromatic rings. The number of alkyl halides is 2. The van der Waals surface area contributed by atoms with Crippen LogP contribution in [-0.2, 0) is 12.3 Å². The SMILES string of the molecule is CC(F)(F)c1nc(CC#N)nc(F)c1C#N. The molecule has 0 aromatic carbocycles. The Labute approximate surface area is 89.0 Å². The molecule has 0 aliphatic carbocycles. The third kappa shape index (κ3) is 2.26. The highest BCUT2D eigenvalue weighted by molar-refractivity contribution is 5.34. The first-order valence-corrected chi connectivity index (χ1v) is 4.12. The zero-order valence-corrected chi connectivity index (χ0v) is 8.13. The van der Waals surface area contributed by atoms with Crippen LogP contribution in [0.4, 0.5) is 13.2 Å². The fourth-order valence-electron chi connectivity index (χ4n) is 1.04. The fourth-order valence-corrected chi connectivity index (χ4v) is 1.04. The van der Waals surface area contributed by atoms with Crippen LogP contribution in [0.15, 0.2) is 0 Å². The predicted octanol–water partition coefficient (Wildman–Crippen LogP) is 1.67. The molecule has 1 heterocycles. The molecule has 82 valence electrons. The van der Waals surface area contributed by atoms with E-state index in [0.29, 0.717) is 6.92 Å². The van der Waals surface area contributed by atoms with Gasteiger partial charge in [-0.15, -0.1) is 0 Å². The lowest BCUT2D eigenvalue weighted by Gasteiger charge is -2.11. The van der Waals surface area contributed by atoms with Gasteiger partial charge in [0.15, 0.2) is 0 Å². The van der Waals surface area contributed by atoms with E-state index in [9.17, 15) is 13.2 Å². The van der Waals surface area contributed by atoms with Crippen LogP contribution in [0.3, 0.4) is 0 Å². The molecule has 0 aliphatic heterocycles. The highest BCUT2D eigenvalue weighted by atomic mass is 19.3. The number of hydrogen-bond acceptors (Lipinski definition) is 4. The van der Waals surface area contributed by atoms with Crippen LogP contribution in [0.5, 0.6) is 0 Å². The Morgan fingerprint density at radius 2 is 1.94 bits per heavy atom. The number of nitriles is 2. The van der Waals surface area contributed by atoms with Gasteiger partial charge in [0.1, 0.15) is 23.2 Å². The molecule has 0 saturated carbocycles. The first kappa shape index (κ1) is 11.9. The molecule has 0 bridgehead atoms. The van der Waals surface area contributed by atoms with Gasteiger partial charge in [-0.25, -0.2) is 9.97 Å². The average molecular weight is 226 g/mol. The van der Waals surface area contributed by atoms with Crippen molar-refractivity contribution in [2.75, 3.05) is 0 Å². The van der Waals surface area contributed by atoms with Gasteiger partial charge in [0, 0.05) is 6.92 Å². The minimum absolute atomic E-state index is 0.365. The molecule has 4 nitrogen and oxygen atoms in total. The zero-order chi connectivity index (χ0) is 12.3. The summed E-state index contributed by atoms with van der Waals surface area (Å²) in [5, 5.41) is 16.8. The first-order valence-electron chi connectivity index (χ1n) is 4.12. The summed E-state index contributed by atoms with van der Waals surface area (Å²) in [5.41, 5.74) is -1.89. The van der Waals surface area contributed by atoms with E-state index in [4.69, 9.17) is 10.5 Å². The molecule has 0 amide bonds. The van der Waals surface area contributed by atoms with E-state index < -0.39 is 29.5 Å². The van der Waals surface area contributed by atoms with Crippen molar-refractivity contribution in [1.82, 2.24) is 9.97 Å². The van der Waals surface area contributed by atoms with Crippen LogP contribution in [-0.4, -0.2) is 9.97 Å². The van der Waals surface area contributed by atoms with Gasteiger partial charge in [-0.3, -0.25) is 0 Å². The molecule has 0 N–H and O–H groups in total. The molecule has 0 radical (unpaired) electrons. The number of nitrogens with zero attached hydrogens (tertiary/aromatic N) is 4. The van der Waals surface area contributed by atoms with Crippen LogP contribution in [0.1, 0.15) is 24.0 Å². The first-order chi connectivity index (χ1) is 7.40. The molecule has 0 fully saturated rings. The van der Waals surface area contributed by atoms with Gasteiger partial charge in [0.25, 0.3) is 5.92 Å². The molecular formula is C9H5F3N4. The van der Waals surface area contributed by atoms with Crippen molar-refractivity contribution < 1.29 is 13.2 Å². The lowest BCUT2D eigenvalue weighted by molar-refractivity contribution is 0.0116. The van der Waals surface area contributed by atoms with Gasteiger partial charge in [-0.1, -0.05) is 0 Å². The Hall–Kier alpha value is -2.15. The van der Waals surface area contributed by atoms with Crippen LogP contribution in [0.25, 0.3) is 0 Å². The summed E-state index contributed by atoms with van der Waals surface area (Å²) in [4.78, 5) is 6.47. The standard InChI is InChI=1S/C9H5F3N4/c1-9(11,12)7-5(4-14)8(10)16-6(15-7)2-3-13/h2H2,1H3. The fraction of sp³-hybridized carbons (Fsp3) is 0.333. The predicted molar refractivity (Wildman–Crippen MR) is 45.6 cm³/mol. The molecule has 7 heteroatoms. The lowest BCUT2D eigenvalue weighted by Crippen LogP contribution is -2.17. The van der Waals surface area contributed by atoms with Gasteiger partial charge >= 0.3 is 0 Å². The Morgan fingerprint density at radius 1 is 1.31 bits per heavy atom. The minimum Gasteiger partial charge on any atom is -0.229 e. The zero-order valence-electron chi connectivity index (χ0n) is 8.13. The van der Waals surface area contributed by atoms with Gasteiger partial charge in [-0.05, 0) is 0 Å². The molecular weight excluding hydrogens is 221 g/mol. The minimum atomic E-state index is -3.46. The van der Waals surface area contributed by atoms with Crippen LogP contribution in [0, 0.1) is 28.6 Å². The monoisotopic (exact) mass is 226 g/mol. The quantitative estimate of drug-likeness (QED) is 0.719. The second-order valence-corrected chi connectivity index (χ2v) is 2.99. The Balaban J connectivity index is 3.46. The molecule has 0 aliphatic rings. The van der Waals surface area contributed by atoms with Gasteiger partial charge in [-0.2, -0.15) is 23.7 Å². The van der Waals surface area contributed by atoms with Crippen molar-refractivity contribution in [3.8, 4) is 12.1 Å². The topological polar surface area (TPSA) is 73.4 Å². The van der Waals surface area contributed by atoms with Crippen molar-refractivity contribution in [2.45, 2.75) is 19.3 Å². The summed E-state index contributed by atoms with van der Waals surface area (Å²) >= 11 is 0. The maximum Gasteiger partial charge on any atom is 0.288 e. The number of halogens is 3. The molecule has 0 atom stereocenters. The van der Waals surface area contributed by atoms with Gasteiger partial charge < -0.3 is 0 Å². The Bertz CT molecular complexity index is 493. The lowest BCUT2D eigenvalue weighted by atomic mass is 10.1. The smallest absolute Gasteiger partial charge is 0.229 e. The molecule has 0 unspecified atom stereocenters. The number of hydrogen-bond donors (Lipinski definition) is 0. The van der Waals surface area contributed by atoms with Gasteiger partial charge in [0.05, 0.1) is 12.5 Å². The molecule has 1 rings (SSSR count). The third-order valence-electron chi connectivity index (χ3n) is 1.68. The van der Waals surface area contributed by atoms with Crippen LogP contribution < -0.4 is 0 Å². The summed E-state index contributed by atoms with van der Waals surface area (Å²) in [5.74, 6) is -5.16. The van der Waals surface area contributed by atoms with Crippen molar-refractivity contribution in [2.24, 2.45) is 0 Å². The molecule has 16 heavy (non-hydrogen) atoms. The molecule has 0 saturated heterocycles. The third-order valence-corrected chi connectivity index (χ3v) is 1.68. The van der Waals surface area contributed by atoms with E-state index in [1.54, 1.807) is 6.07 Å². The van der Waals surface area contributed by atoms with Crippen LogP contribution in [0.2, 0.25) is 0 Å². The Morgan fingerprint density at radius 3 is 2.38 bits per heavy atom. The normalized spacial score (nSPS) is 10.6. The van der Waals surface area contributed by atoms with E-state index >= 15 is 0 Å². The largest absolute Gasteiger partial charge is 0.288 e. The summed E-state index contributed by atoms with van der Waals surface area (Å²) in [6, 6.07) is 2.88. The van der Waals surface area contributed by atoms with E-state index in [1.807, 2.05) is 0 Å². The summed E-state index contributed by atoms with van der Waals surface area (Å²) in [6.45, 7) is 0.492. The summed E-state index contributed by atoms with van der Waals surface area (Å²) in [6.07, 6.45) is -0.397. The van der Waals surface area contributed by atoms with Crippen molar-refractivity contribution in [3.05, 3.63) is 23.0 Å². The molecule has 0 spiro atoms. The maximum absolute atomic E-state index is 13.1. The maximum atomic E-state index is 13.1. The average Bonchev–Trinajstić information content (AvgIpc) is 2.16. The number of aromatic nitrogens is 2. The van der Waals surface area contributed by atoms with E-state index in [2.05, 4.69) is 9.97 Å². The van der Waals surface area contributed by atoms with Crippen molar-refractivity contribution in [1.29, 1.82) is 10.5 Å². The summed E-state index contributed by atoms with van der Waals surface area (Å²) in [7, 11) is 0. The number of rotatable bonds is 2. The van der Waals surface area contributed by atoms with E-state index in [-0.39, 0.29) is 5.82 Å². The highest BCUT2D eigenvalue weighted by Crippen LogP contribution is 2.28. The highest BCUT2D eigenvalue weighted by Gasteiger charge is 2.32. The second-order valence-electron chi connectivity index (χ2n) is 2.99. The van der Waals surface area contributed by atoms with Crippen molar-refractivity contribution >= 4 is 0 Å². The Kier molecular flexibility index (Phi) is 3.09. The summed E-state index contributed by atoms with van der Waals surface area (Å²) < 4.78 is 39.2. The van der Waals surface area contributed by atoms with Crippen LogP contribution >= 0.6 is 0 Å².